The molecule has 1 aromatic carbocycles. The monoisotopic (exact) mass is 206 g/mol. The van der Waals surface area contributed by atoms with E-state index in [2.05, 4.69) is 5.92 Å². The first-order valence-electron chi connectivity index (χ1n) is 4.24. The van der Waals surface area contributed by atoms with Crippen LogP contribution in [0.3, 0.4) is 0 Å². The summed E-state index contributed by atoms with van der Waals surface area (Å²) < 4.78 is 5.11. The van der Waals surface area contributed by atoms with Crippen LogP contribution in [0.2, 0.25) is 0 Å². The molecule has 0 aromatic heterocycles. The van der Waals surface area contributed by atoms with Gasteiger partial charge in [-0.1, -0.05) is 5.92 Å². The fourth-order valence-electron chi connectivity index (χ4n) is 0.917. The van der Waals surface area contributed by atoms with Gasteiger partial charge in [-0.3, -0.25) is 0 Å². The van der Waals surface area contributed by atoms with Crippen LogP contribution in [0.1, 0.15) is 10.4 Å². The van der Waals surface area contributed by atoms with E-state index in [1.165, 1.54) is 24.3 Å². The van der Waals surface area contributed by atoms with Crippen molar-refractivity contribution in [2.24, 2.45) is 0 Å². The van der Waals surface area contributed by atoms with Crippen LogP contribution in [-0.2, 0) is 0 Å². The van der Waals surface area contributed by atoms with Crippen LogP contribution >= 0.6 is 0 Å². The molecule has 0 saturated heterocycles. The van der Waals surface area contributed by atoms with Gasteiger partial charge in [-0.15, -0.1) is 6.42 Å². The van der Waals surface area contributed by atoms with E-state index < -0.39 is 12.1 Å². The van der Waals surface area contributed by atoms with Crippen molar-refractivity contribution in [3.8, 4) is 18.1 Å². The van der Waals surface area contributed by atoms with E-state index >= 15 is 0 Å². The SMILES string of the molecule is C#C[C@H](O)COc1ccc(C(=O)O)cc1. The summed E-state index contributed by atoms with van der Waals surface area (Å²) in [6.07, 6.45) is 3.99. The van der Waals surface area contributed by atoms with Crippen LogP contribution in [0.4, 0.5) is 0 Å². The van der Waals surface area contributed by atoms with Gasteiger partial charge in [0, 0.05) is 0 Å². The van der Waals surface area contributed by atoms with E-state index in [0.717, 1.165) is 0 Å². The van der Waals surface area contributed by atoms with Crippen LogP contribution in [0.5, 0.6) is 5.75 Å². The maximum Gasteiger partial charge on any atom is 0.335 e. The van der Waals surface area contributed by atoms with Gasteiger partial charge in [0.1, 0.15) is 18.5 Å². The summed E-state index contributed by atoms with van der Waals surface area (Å²) in [6.45, 7) is -0.0110. The van der Waals surface area contributed by atoms with Crippen molar-refractivity contribution >= 4 is 5.97 Å². The molecule has 1 rings (SSSR count). The Kier molecular flexibility index (Phi) is 3.72. The molecule has 2 N–H and O–H groups in total. The predicted octanol–water partition coefficient (Wildman–Crippen LogP) is 0.758. The number of terminal acetylenes is 1. The minimum Gasteiger partial charge on any atom is -0.490 e. The number of aliphatic hydroxyl groups is 1. The molecule has 0 unspecified atom stereocenters. The van der Waals surface area contributed by atoms with Crippen LogP contribution in [0.25, 0.3) is 0 Å². The summed E-state index contributed by atoms with van der Waals surface area (Å²) in [5.41, 5.74) is 0.180. The second kappa shape index (κ2) is 5.03. The predicted molar refractivity (Wildman–Crippen MR) is 53.7 cm³/mol. The van der Waals surface area contributed by atoms with Gasteiger partial charge in [-0.25, -0.2) is 4.79 Å². The second-order valence-corrected chi connectivity index (χ2v) is 2.82. The standard InChI is InChI=1S/C11H10O4/c1-2-9(12)7-15-10-5-3-8(4-6-10)11(13)14/h1,3-6,9,12H,7H2,(H,13,14)/t9-/m0/s1. The van der Waals surface area contributed by atoms with Crippen molar-refractivity contribution in [1.29, 1.82) is 0 Å². The van der Waals surface area contributed by atoms with Crippen LogP contribution in [0.15, 0.2) is 24.3 Å². The Balaban J connectivity index is 2.58. The lowest BCUT2D eigenvalue weighted by Gasteiger charge is -2.07. The number of hydrogen-bond donors (Lipinski definition) is 2. The molecule has 0 aliphatic heterocycles. The first-order valence-corrected chi connectivity index (χ1v) is 4.24. The van der Waals surface area contributed by atoms with Crippen molar-refractivity contribution in [1.82, 2.24) is 0 Å². The highest BCUT2D eigenvalue weighted by molar-refractivity contribution is 5.87. The van der Waals surface area contributed by atoms with E-state index in [1.54, 1.807) is 0 Å². The summed E-state index contributed by atoms with van der Waals surface area (Å²) in [7, 11) is 0. The highest BCUT2D eigenvalue weighted by atomic mass is 16.5. The third kappa shape index (κ3) is 3.33. The average molecular weight is 206 g/mol. The van der Waals surface area contributed by atoms with E-state index in [9.17, 15) is 4.79 Å². The van der Waals surface area contributed by atoms with Gasteiger partial charge in [0.2, 0.25) is 0 Å². The van der Waals surface area contributed by atoms with Crippen LogP contribution in [0, 0.1) is 12.3 Å². The van der Waals surface area contributed by atoms with Crippen molar-refractivity contribution in [3.63, 3.8) is 0 Å². The molecule has 4 nitrogen and oxygen atoms in total. The molecule has 0 bridgehead atoms. The summed E-state index contributed by atoms with van der Waals surface area (Å²) in [6, 6.07) is 5.85. The van der Waals surface area contributed by atoms with Crippen LogP contribution in [-0.4, -0.2) is 28.9 Å². The molecule has 1 aromatic rings. The van der Waals surface area contributed by atoms with Gasteiger partial charge in [0.25, 0.3) is 0 Å². The molecule has 0 aliphatic carbocycles. The molecule has 0 saturated carbocycles. The van der Waals surface area contributed by atoms with Crippen molar-refractivity contribution < 1.29 is 19.7 Å². The van der Waals surface area contributed by atoms with E-state index in [1.807, 2.05) is 0 Å². The molecule has 0 spiro atoms. The Bertz CT molecular complexity index is 375. The molecule has 4 heteroatoms. The van der Waals surface area contributed by atoms with Gasteiger partial charge >= 0.3 is 5.97 Å². The first-order chi connectivity index (χ1) is 7.13. The second-order valence-electron chi connectivity index (χ2n) is 2.82. The number of rotatable bonds is 4. The number of carbonyl (C=O) groups is 1. The number of hydrogen-bond acceptors (Lipinski definition) is 3. The normalized spacial score (nSPS) is 11.5. The third-order valence-electron chi connectivity index (χ3n) is 1.70. The molecule has 0 amide bonds. The zero-order valence-electron chi connectivity index (χ0n) is 7.88. The lowest BCUT2D eigenvalue weighted by Crippen LogP contribution is -2.14. The molecular formula is C11H10O4. The Hall–Kier alpha value is -1.99. The van der Waals surface area contributed by atoms with Gasteiger partial charge in [0.05, 0.1) is 5.56 Å². The van der Waals surface area contributed by atoms with Crippen molar-refractivity contribution in [2.45, 2.75) is 6.10 Å². The van der Waals surface area contributed by atoms with Crippen molar-refractivity contribution in [2.75, 3.05) is 6.61 Å². The van der Waals surface area contributed by atoms with E-state index in [0.29, 0.717) is 5.75 Å². The fourth-order valence-corrected chi connectivity index (χ4v) is 0.917. The lowest BCUT2D eigenvalue weighted by molar-refractivity contribution is 0.0696. The minimum absolute atomic E-state index is 0.0110. The highest BCUT2D eigenvalue weighted by Gasteiger charge is 2.03. The number of aromatic carboxylic acids is 1. The third-order valence-corrected chi connectivity index (χ3v) is 1.70. The van der Waals surface area contributed by atoms with E-state index in [4.69, 9.17) is 21.4 Å². The molecule has 0 aliphatic rings. The summed E-state index contributed by atoms with van der Waals surface area (Å²) in [5, 5.41) is 17.6. The molecule has 0 fully saturated rings. The smallest absolute Gasteiger partial charge is 0.335 e. The fraction of sp³-hybridized carbons (Fsp3) is 0.182. The van der Waals surface area contributed by atoms with Crippen LogP contribution < -0.4 is 4.74 Å². The average Bonchev–Trinajstić information content (AvgIpc) is 2.26. The largest absolute Gasteiger partial charge is 0.490 e. The molecule has 0 heterocycles. The quantitative estimate of drug-likeness (QED) is 0.713. The zero-order valence-corrected chi connectivity index (χ0v) is 7.88. The van der Waals surface area contributed by atoms with Gasteiger partial charge in [-0.2, -0.15) is 0 Å². The topological polar surface area (TPSA) is 66.8 Å². The molecule has 0 radical (unpaired) electrons. The van der Waals surface area contributed by atoms with E-state index in [-0.39, 0.29) is 12.2 Å². The first kappa shape index (κ1) is 11.1. The number of benzene rings is 1. The number of ether oxygens (including phenoxy) is 1. The Morgan fingerprint density at radius 3 is 2.53 bits per heavy atom. The molecular weight excluding hydrogens is 196 g/mol. The lowest BCUT2D eigenvalue weighted by atomic mass is 10.2. The van der Waals surface area contributed by atoms with Gasteiger partial charge in [0.15, 0.2) is 0 Å². The molecule has 15 heavy (non-hydrogen) atoms. The zero-order chi connectivity index (χ0) is 11.3. The minimum atomic E-state index is -0.995. The number of aliphatic hydroxyl groups excluding tert-OH is 1. The maximum atomic E-state index is 10.5. The number of carboxylic acid groups (broad SMARTS) is 1. The summed E-state index contributed by atoms with van der Waals surface area (Å²) in [5.74, 6) is 1.57. The molecule has 78 valence electrons. The Morgan fingerprint density at radius 1 is 1.47 bits per heavy atom. The summed E-state index contributed by atoms with van der Waals surface area (Å²) in [4.78, 5) is 10.5. The number of carboxylic acids is 1. The molecule has 1 atom stereocenters. The highest BCUT2D eigenvalue weighted by Crippen LogP contribution is 2.12. The van der Waals surface area contributed by atoms with Gasteiger partial charge < -0.3 is 14.9 Å². The van der Waals surface area contributed by atoms with Gasteiger partial charge in [-0.05, 0) is 24.3 Å². The summed E-state index contributed by atoms with van der Waals surface area (Å²) >= 11 is 0. The van der Waals surface area contributed by atoms with Crippen molar-refractivity contribution in [3.05, 3.63) is 29.8 Å². The Morgan fingerprint density at radius 2 is 2.07 bits per heavy atom. The Labute approximate surface area is 87.1 Å². The maximum absolute atomic E-state index is 10.5.